The number of hydrogen-bond donors (Lipinski definition) is 1. The van der Waals surface area contributed by atoms with E-state index in [-0.39, 0.29) is 0 Å². The van der Waals surface area contributed by atoms with Crippen LogP contribution in [0.25, 0.3) is 0 Å². The molecule has 1 aromatic heterocycles. The number of nitrogens with zero attached hydrogens (tertiary/aromatic N) is 1. The van der Waals surface area contributed by atoms with Gasteiger partial charge in [-0.1, -0.05) is 12.1 Å². The van der Waals surface area contributed by atoms with Gasteiger partial charge in [0.05, 0.1) is 6.26 Å². The van der Waals surface area contributed by atoms with E-state index in [1.165, 1.54) is 6.26 Å². The third-order valence-corrected chi connectivity index (χ3v) is 2.35. The van der Waals surface area contributed by atoms with Crippen LogP contribution in [0.15, 0.2) is 52.1 Å². The van der Waals surface area contributed by atoms with Crippen molar-refractivity contribution in [2.75, 3.05) is 0 Å². The first kappa shape index (κ1) is 9.18. The number of aliphatic imine (C=N–C) groups is 1. The molecular formula is C12H9NO3. The van der Waals surface area contributed by atoms with Crippen molar-refractivity contribution in [2.45, 2.75) is 6.29 Å². The zero-order valence-corrected chi connectivity index (χ0v) is 8.33. The highest BCUT2D eigenvalue weighted by molar-refractivity contribution is 6.03. The fourth-order valence-corrected chi connectivity index (χ4v) is 1.61. The Morgan fingerprint density at radius 1 is 1.12 bits per heavy atom. The van der Waals surface area contributed by atoms with E-state index in [0.29, 0.717) is 22.9 Å². The minimum absolute atomic E-state index is 0.392. The molecule has 4 nitrogen and oxygen atoms in total. The molecule has 3 rings (SSSR count). The average Bonchev–Trinajstić information content (AvgIpc) is 2.81. The Balaban J connectivity index is 2.11. The second-order valence-electron chi connectivity index (χ2n) is 3.41. The highest BCUT2D eigenvalue weighted by Crippen LogP contribution is 2.32. The van der Waals surface area contributed by atoms with Crippen molar-refractivity contribution in [1.82, 2.24) is 0 Å². The van der Waals surface area contributed by atoms with Gasteiger partial charge in [0.2, 0.25) is 6.29 Å². The van der Waals surface area contributed by atoms with Gasteiger partial charge in [0.25, 0.3) is 0 Å². The minimum atomic E-state index is -1.08. The second kappa shape index (κ2) is 3.50. The second-order valence-corrected chi connectivity index (χ2v) is 3.41. The van der Waals surface area contributed by atoms with E-state index in [9.17, 15) is 5.11 Å². The Bertz CT molecular complexity index is 531. The molecule has 1 N–H and O–H groups in total. The molecule has 1 unspecified atom stereocenters. The summed E-state index contributed by atoms with van der Waals surface area (Å²) in [4.78, 5) is 4.32. The van der Waals surface area contributed by atoms with Gasteiger partial charge >= 0.3 is 0 Å². The van der Waals surface area contributed by atoms with Crippen LogP contribution in [0.2, 0.25) is 0 Å². The quantitative estimate of drug-likeness (QED) is 0.792. The van der Waals surface area contributed by atoms with Gasteiger partial charge in [0.1, 0.15) is 11.4 Å². The van der Waals surface area contributed by atoms with Crippen LogP contribution in [0.1, 0.15) is 5.76 Å². The summed E-state index contributed by atoms with van der Waals surface area (Å²) >= 11 is 0. The molecule has 1 aliphatic heterocycles. The van der Waals surface area contributed by atoms with Gasteiger partial charge in [-0.25, -0.2) is 4.99 Å². The Kier molecular flexibility index (Phi) is 2.01. The molecule has 0 spiro atoms. The number of aliphatic hydroxyl groups is 1. The third-order valence-electron chi connectivity index (χ3n) is 2.35. The van der Waals surface area contributed by atoms with Crippen molar-refractivity contribution in [3.05, 3.63) is 48.4 Å². The molecule has 0 fully saturated rings. The van der Waals surface area contributed by atoms with Crippen LogP contribution in [0.4, 0.5) is 5.69 Å². The summed E-state index contributed by atoms with van der Waals surface area (Å²) in [5, 5.41) is 9.77. The van der Waals surface area contributed by atoms with Crippen molar-refractivity contribution in [2.24, 2.45) is 4.99 Å². The zero-order valence-electron chi connectivity index (χ0n) is 8.33. The average molecular weight is 215 g/mol. The standard InChI is InChI=1S/C12H9NO3/c14-12-11(10-6-3-7-15-10)13-8-4-1-2-5-9(8)16-12/h1-7,12,14H. The molecule has 0 saturated carbocycles. The van der Waals surface area contributed by atoms with Crippen LogP contribution in [0.3, 0.4) is 0 Å². The largest absolute Gasteiger partial charge is 0.463 e. The number of furan rings is 1. The first-order valence-electron chi connectivity index (χ1n) is 4.91. The van der Waals surface area contributed by atoms with Gasteiger partial charge in [-0.05, 0) is 24.3 Å². The maximum atomic E-state index is 9.77. The molecule has 80 valence electrons. The number of para-hydroxylation sites is 2. The number of benzene rings is 1. The first-order chi connectivity index (χ1) is 7.84. The molecule has 0 aliphatic carbocycles. The molecule has 0 radical (unpaired) electrons. The fraction of sp³-hybridized carbons (Fsp3) is 0.0833. The minimum Gasteiger partial charge on any atom is -0.463 e. The molecule has 2 heterocycles. The SMILES string of the molecule is OC1Oc2ccccc2N=C1c1ccco1. The number of aliphatic hydroxyl groups excluding tert-OH is 1. The van der Waals surface area contributed by atoms with E-state index in [4.69, 9.17) is 9.15 Å². The predicted octanol–water partition coefficient (Wildman–Crippen LogP) is 2.11. The number of hydrogen-bond acceptors (Lipinski definition) is 4. The monoisotopic (exact) mass is 215 g/mol. The maximum Gasteiger partial charge on any atom is 0.245 e. The molecule has 16 heavy (non-hydrogen) atoms. The molecule has 2 aromatic rings. The Hall–Kier alpha value is -2.07. The topological polar surface area (TPSA) is 55.0 Å². The lowest BCUT2D eigenvalue weighted by Gasteiger charge is -2.20. The van der Waals surface area contributed by atoms with Crippen molar-refractivity contribution in [3.63, 3.8) is 0 Å². The number of rotatable bonds is 1. The molecule has 1 aliphatic rings. The van der Waals surface area contributed by atoms with E-state index in [1.54, 1.807) is 18.2 Å². The smallest absolute Gasteiger partial charge is 0.245 e. The normalized spacial score (nSPS) is 18.6. The Morgan fingerprint density at radius 3 is 2.81 bits per heavy atom. The van der Waals surface area contributed by atoms with Gasteiger partial charge in [-0.2, -0.15) is 0 Å². The number of ether oxygens (including phenoxy) is 1. The molecule has 1 atom stereocenters. The van der Waals surface area contributed by atoms with Gasteiger partial charge in [-0.15, -0.1) is 0 Å². The first-order valence-corrected chi connectivity index (χ1v) is 4.91. The van der Waals surface area contributed by atoms with Crippen LogP contribution in [0, 0.1) is 0 Å². The molecule has 0 saturated heterocycles. The Morgan fingerprint density at radius 2 is 2.00 bits per heavy atom. The van der Waals surface area contributed by atoms with Crippen molar-refractivity contribution >= 4 is 11.4 Å². The van der Waals surface area contributed by atoms with E-state index >= 15 is 0 Å². The van der Waals surface area contributed by atoms with Crippen LogP contribution >= 0.6 is 0 Å². The fourth-order valence-electron chi connectivity index (χ4n) is 1.61. The van der Waals surface area contributed by atoms with Crippen LogP contribution < -0.4 is 4.74 Å². The summed E-state index contributed by atoms with van der Waals surface area (Å²) in [7, 11) is 0. The van der Waals surface area contributed by atoms with Gasteiger partial charge < -0.3 is 14.3 Å². The van der Waals surface area contributed by atoms with E-state index < -0.39 is 6.29 Å². The van der Waals surface area contributed by atoms with Crippen molar-refractivity contribution < 1.29 is 14.3 Å². The molecule has 4 heteroatoms. The van der Waals surface area contributed by atoms with Crippen LogP contribution in [-0.4, -0.2) is 17.1 Å². The number of fused-ring (bicyclic) bond motifs is 1. The lowest BCUT2D eigenvalue weighted by Crippen LogP contribution is -2.29. The summed E-state index contributed by atoms with van der Waals surface area (Å²) in [6.07, 6.45) is 0.450. The maximum absolute atomic E-state index is 9.77. The molecule has 0 bridgehead atoms. The van der Waals surface area contributed by atoms with E-state index in [0.717, 1.165) is 0 Å². The summed E-state index contributed by atoms with van der Waals surface area (Å²) in [5.41, 5.74) is 1.09. The molecular weight excluding hydrogens is 206 g/mol. The zero-order chi connectivity index (χ0) is 11.0. The molecule has 1 aromatic carbocycles. The van der Waals surface area contributed by atoms with Gasteiger partial charge in [0.15, 0.2) is 11.5 Å². The Labute approximate surface area is 91.8 Å². The van der Waals surface area contributed by atoms with E-state index in [2.05, 4.69) is 4.99 Å². The van der Waals surface area contributed by atoms with E-state index in [1.807, 2.05) is 18.2 Å². The van der Waals surface area contributed by atoms with Crippen molar-refractivity contribution in [1.29, 1.82) is 0 Å². The summed E-state index contributed by atoms with van der Waals surface area (Å²) in [6, 6.07) is 10.8. The lowest BCUT2D eigenvalue weighted by atomic mass is 10.2. The van der Waals surface area contributed by atoms with Crippen LogP contribution in [-0.2, 0) is 0 Å². The van der Waals surface area contributed by atoms with Crippen LogP contribution in [0.5, 0.6) is 5.75 Å². The summed E-state index contributed by atoms with van der Waals surface area (Å²) in [5.74, 6) is 1.09. The third kappa shape index (κ3) is 1.40. The van der Waals surface area contributed by atoms with Gasteiger partial charge in [0, 0.05) is 0 Å². The summed E-state index contributed by atoms with van der Waals surface area (Å²) < 4.78 is 10.5. The highest BCUT2D eigenvalue weighted by Gasteiger charge is 2.24. The summed E-state index contributed by atoms with van der Waals surface area (Å²) in [6.45, 7) is 0. The lowest BCUT2D eigenvalue weighted by molar-refractivity contribution is 0.0393. The molecule has 0 amide bonds. The van der Waals surface area contributed by atoms with Gasteiger partial charge in [-0.3, -0.25) is 0 Å². The highest BCUT2D eigenvalue weighted by atomic mass is 16.6. The predicted molar refractivity (Wildman–Crippen MR) is 58.0 cm³/mol. The van der Waals surface area contributed by atoms with Crippen molar-refractivity contribution in [3.8, 4) is 5.75 Å².